The van der Waals surface area contributed by atoms with Crippen molar-refractivity contribution in [3.05, 3.63) is 70.8 Å². The lowest BCUT2D eigenvalue weighted by atomic mass is 10.2. The molecule has 2 aromatic rings. The second kappa shape index (κ2) is 8.39. The smallest absolute Gasteiger partial charge is 0.244 e. The van der Waals surface area contributed by atoms with Crippen LogP contribution in [0.25, 0.3) is 6.08 Å². The molecule has 120 valence electrons. The standard InChI is InChI=1S/C19H20ClNO2/c1-14-7-10-17(11-8-14)23-13-15(2)21-19(22)12-9-16-5-3-4-6-18(16)20/h3-12,15H,13H2,1-2H3,(H,21,22)/b12-9+. The van der Waals surface area contributed by atoms with Crippen molar-refractivity contribution in [2.24, 2.45) is 0 Å². The summed E-state index contributed by atoms with van der Waals surface area (Å²) in [5, 5.41) is 3.48. The highest BCUT2D eigenvalue weighted by Gasteiger charge is 2.06. The molecule has 0 fully saturated rings. The van der Waals surface area contributed by atoms with Crippen molar-refractivity contribution in [1.82, 2.24) is 5.32 Å². The van der Waals surface area contributed by atoms with Gasteiger partial charge in [0.15, 0.2) is 0 Å². The van der Waals surface area contributed by atoms with Crippen molar-refractivity contribution in [2.45, 2.75) is 19.9 Å². The number of ether oxygens (including phenoxy) is 1. The molecule has 0 saturated carbocycles. The van der Waals surface area contributed by atoms with Crippen LogP contribution in [0.15, 0.2) is 54.6 Å². The van der Waals surface area contributed by atoms with E-state index >= 15 is 0 Å². The fourth-order valence-electron chi connectivity index (χ4n) is 1.96. The van der Waals surface area contributed by atoms with Crippen LogP contribution in [0.1, 0.15) is 18.1 Å². The lowest BCUT2D eigenvalue weighted by Gasteiger charge is -2.14. The molecule has 0 saturated heterocycles. The van der Waals surface area contributed by atoms with Gasteiger partial charge in [-0.05, 0) is 43.7 Å². The van der Waals surface area contributed by atoms with Crippen LogP contribution in [0.3, 0.4) is 0 Å². The minimum atomic E-state index is -0.176. The second-order valence-electron chi connectivity index (χ2n) is 5.39. The molecule has 0 bridgehead atoms. The van der Waals surface area contributed by atoms with Crippen LogP contribution in [0.5, 0.6) is 5.75 Å². The third-order valence-electron chi connectivity index (χ3n) is 3.23. The van der Waals surface area contributed by atoms with Crippen molar-refractivity contribution in [3.63, 3.8) is 0 Å². The molecule has 2 rings (SSSR count). The highest BCUT2D eigenvalue weighted by Crippen LogP contribution is 2.16. The zero-order chi connectivity index (χ0) is 16.7. The van der Waals surface area contributed by atoms with Gasteiger partial charge in [-0.1, -0.05) is 47.5 Å². The molecule has 0 aromatic heterocycles. The summed E-state index contributed by atoms with van der Waals surface area (Å²) in [6.45, 7) is 4.34. The zero-order valence-corrected chi connectivity index (χ0v) is 14.0. The number of halogens is 1. The molecule has 1 N–H and O–H groups in total. The molecule has 1 atom stereocenters. The van der Waals surface area contributed by atoms with E-state index in [9.17, 15) is 4.79 Å². The van der Waals surface area contributed by atoms with Crippen LogP contribution in [-0.2, 0) is 4.79 Å². The molecule has 23 heavy (non-hydrogen) atoms. The van der Waals surface area contributed by atoms with E-state index in [-0.39, 0.29) is 11.9 Å². The maximum absolute atomic E-state index is 11.9. The molecule has 0 radical (unpaired) electrons. The highest BCUT2D eigenvalue weighted by molar-refractivity contribution is 6.32. The predicted octanol–water partition coefficient (Wildman–Crippen LogP) is 4.25. The Morgan fingerprint density at radius 1 is 1.22 bits per heavy atom. The van der Waals surface area contributed by atoms with Gasteiger partial charge in [-0.3, -0.25) is 4.79 Å². The molecule has 2 aromatic carbocycles. The van der Waals surface area contributed by atoms with Crippen molar-refractivity contribution in [3.8, 4) is 5.75 Å². The Balaban J connectivity index is 1.80. The lowest BCUT2D eigenvalue weighted by molar-refractivity contribution is -0.117. The summed E-state index contributed by atoms with van der Waals surface area (Å²) in [6, 6.07) is 15.1. The van der Waals surface area contributed by atoms with E-state index in [4.69, 9.17) is 16.3 Å². The third-order valence-corrected chi connectivity index (χ3v) is 3.57. The molecule has 3 nitrogen and oxygen atoms in total. The van der Waals surface area contributed by atoms with Crippen LogP contribution in [0, 0.1) is 6.92 Å². The van der Waals surface area contributed by atoms with E-state index in [0.29, 0.717) is 11.6 Å². The second-order valence-corrected chi connectivity index (χ2v) is 5.80. The quantitative estimate of drug-likeness (QED) is 0.805. The summed E-state index contributed by atoms with van der Waals surface area (Å²) in [5.41, 5.74) is 2.00. The van der Waals surface area contributed by atoms with Gasteiger partial charge in [0, 0.05) is 11.1 Å². The maximum atomic E-state index is 11.9. The first kappa shape index (κ1) is 17.1. The molecule has 4 heteroatoms. The number of hydrogen-bond acceptors (Lipinski definition) is 2. The number of rotatable bonds is 6. The number of hydrogen-bond donors (Lipinski definition) is 1. The van der Waals surface area contributed by atoms with Gasteiger partial charge < -0.3 is 10.1 Å². The molecule has 0 aliphatic heterocycles. The van der Waals surface area contributed by atoms with Gasteiger partial charge in [0.2, 0.25) is 5.91 Å². The molecule has 1 amide bonds. The number of aryl methyl sites for hydroxylation is 1. The first-order valence-corrected chi connectivity index (χ1v) is 7.85. The van der Waals surface area contributed by atoms with Gasteiger partial charge in [-0.15, -0.1) is 0 Å². The van der Waals surface area contributed by atoms with Crippen LogP contribution >= 0.6 is 11.6 Å². The zero-order valence-electron chi connectivity index (χ0n) is 13.3. The number of nitrogens with one attached hydrogen (secondary N) is 1. The van der Waals surface area contributed by atoms with Crippen molar-refractivity contribution < 1.29 is 9.53 Å². The topological polar surface area (TPSA) is 38.3 Å². The van der Waals surface area contributed by atoms with E-state index in [1.54, 1.807) is 12.1 Å². The summed E-state index contributed by atoms with van der Waals surface area (Å²) in [4.78, 5) is 11.9. The maximum Gasteiger partial charge on any atom is 0.244 e. The Labute approximate surface area is 141 Å². The van der Waals surface area contributed by atoms with Crippen molar-refractivity contribution in [2.75, 3.05) is 6.61 Å². The van der Waals surface area contributed by atoms with Gasteiger partial charge in [-0.25, -0.2) is 0 Å². The van der Waals surface area contributed by atoms with E-state index in [0.717, 1.165) is 11.3 Å². The van der Waals surface area contributed by atoms with E-state index in [1.807, 2.05) is 56.3 Å². The van der Waals surface area contributed by atoms with E-state index in [1.165, 1.54) is 11.6 Å². The Bertz CT molecular complexity index is 680. The van der Waals surface area contributed by atoms with E-state index in [2.05, 4.69) is 5.32 Å². The summed E-state index contributed by atoms with van der Waals surface area (Å²) < 4.78 is 5.65. The van der Waals surface area contributed by atoms with Gasteiger partial charge in [-0.2, -0.15) is 0 Å². The monoisotopic (exact) mass is 329 g/mol. The van der Waals surface area contributed by atoms with Gasteiger partial charge in [0.1, 0.15) is 12.4 Å². The van der Waals surface area contributed by atoms with Crippen LogP contribution in [-0.4, -0.2) is 18.6 Å². The van der Waals surface area contributed by atoms with Crippen LogP contribution in [0.4, 0.5) is 0 Å². The predicted molar refractivity (Wildman–Crippen MR) is 94.8 cm³/mol. The summed E-state index contributed by atoms with van der Waals surface area (Å²) in [6.07, 6.45) is 3.18. The van der Waals surface area contributed by atoms with Gasteiger partial charge >= 0.3 is 0 Å². The Morgan fingerprint density at radius 3 is 2.61 bits per heavy atom. The summed E-state index contributed by atoms with van der Waals surface area (Å²) in [5.74, 6) is 0.619. The number of benzene rings is 2. The Kier molecular flexibility index (Phi) is 6.24. The largest absolute Gasteiger partial charge is 0.491 e. The SMILES string of the molecule is Cc1ccc(OCC(C)NC(=O)/C=C/c2ccccc2Cl)cc1. The number of carbonyl (C=O) groups is 1. The van der Waals surface area contributed by atoms with Gasteiger partial charge in [0.25, 0.3) is 0 Å². The normalized spacial score (nSPS) is 12.1. The molecule has 1 unspecified atom stereocenters. The minimum absolute atomic E-state index is 0.0975. The summed E-state index contributed by atoms with van der Waals surface area (Å²) >= 11 is 6.04. The fraction of sp³-hybridized carbons (Fsp3) is 0.211. The van der Waals surface area contributed by atoms with Crippen LogP contribution < -0.4 is 10.1 Å². The molecule has 0 heterocycles. The number of carbonyl (C=O) groups excluding carboxylic acids is 1. The van der Waals surface area contributed by atoms with E-state index < -0.39 is 0 Å². The first-order valence-electron chi connectivity index (χ1n) is 7.47. The Morgan fingerprint density at radius 2 is 1.91 bits per heavy atom. The molecule has 0 aliphatic rings. The highest BCUT2D eigenvalue weighted by atomic mass is 35.5. The fourth-order valence-corrected chi connectivity index (χ4v) is 2.16. The molecule has 0 aliphatic carbocycles. The minimum Gasteiger partial charge on any atom is -0.491 e. The molecule has 0 spiro atoms. The first-order chi connectivity index (χ1) is 11.0. The average molecular weight is 330 g/mol. The Hall–Kier alpha value is -2.26. The van der Waals surface area contributed by atoms with Crippen molar-refractivity contribution in [1.29, 1.82) is 0 Å². The molecular weight excluding hydrogens is 310 g/mol. The third kappa shape index (κ3) is 5.80. The van der Waals surface area contributed by atoms with Gasteiger partial charge in [0.05, 0.1) is 6.04 Å². The average Bonchev–Trinajstić information content (AvgIpc) is 2.53. The summed E-state index contributed by atoms with van der Waals surface area (Å²) in [7, 11) is 0. The molecular formula is C19H20ClNO2. The van der Waals surface area contributed by atoms with Crippen LogP contribution in [0.2, 0.25) is 5.02 Å². The van der Waals surface area contributed by atoms with Crippen molar-refractivity contribution >= 4 is 23.6 Å². The number of amides is 1. The lowest BCUT2D eigenvalue weighted by Crippen LogP contribution is -2.35.